The first-order valence-electron chi connectivity index (χ1n) is 8.79. The van der Waals surface area contributed by atoms with Gasteiger partial charge in [-0.15, -0.1) is 5.10 Å². The van der Waals surface area contributed by atoms with Crippen molar-refractivity contribution in [2.75, 3.05) is 0 Å². The lowest BCUT2D eigenvalue weighted by Crippen LogP contribution is -2.15. The Hall–Kier alpha value is -3.43. The summed E-state index contributed by atoms with van der Waals surface area (Å²) in [5.74, 6) is -1.36. The van der Waals surface area contributed by atoms with Crippen LogP contribution in [0.15, 0.2) is 48.5 Å². The van der Waals surface area contributed by atoms with Gasteiger partial charge in [0, 0.05) is 5.56 Å². The number of alkyl halides is 3. The summed E-state index contributed by atoms with van der Waals surface area (Å²) in [7, 11) is 0. The predicted octanol–water partition coefficient (Wildman–Crippen LogP) is 3.58. The van der Waals surface area contributed by atoms with Gasteiger partial charge in [0.2, 0.25) is 0 Å². The molecule has 1 aliphatic carbocycles. The number of hydrogen-bond donors (Lipinski definition) is 0. The van der Waals surface area contributed by atoms with Crippen molar-refractivity contribution in [2.24, 2.45) is 0 Å². The van der Waals surface area contributed by atoms with Gasteiger partial charge in [-0.25, -0.2) is 4.79 Å². The lowest BCUT2D eigenvalue weighted by Gasteiger charge is -2.14. The van der Waals surface area contributed by atoms with Crippen LogP contribution < -0.4 is 4.74 Å². The molecule has 0 atom stereocenters. The van der Waals surface area contributed by atoms with Gasteiger partial charge < -0.3 is 9.47 Å². The number of rotatable bonds is 6. The number of halogens is 3. The van der Waals surface area contributed by atoms with Gasteiger partial charge >= 0.3 is 12.1 Å². The smallest absolute Gasteiger partial charge is 0.453 e. The molecule has 3 aromatic rings. The first kappa shape index (κ1) is 18.9. The molecule has 1 aromatic heterocycles. The van der Waals surface area contributed by atoms with E-state index in [0.717, 1.165) is 12.8 Å². The second-order valence-electron chi connectivity index (χ2n) is 6.46. The molecule has 29 heavy (non-hydrogen) atoms. The molecule has 4 rings (SSSR count). The quantitative estimate of drug-likeness (QED) is 0.585. The molecule has 0 bridgehead atoms. The van der Waals surface area contributed by atoms with E-state index in [1.807, 2.05) is 0 Å². The number of aromatic nitrogens is 4. The third kappa shape index (κ3) is 4.36. The van der Waals surface area contributed by atoms with Crippen LogP contribution in [0.3, 0.4) is 0 Å². The molecule has 1 aliphatic rings. The summed E-state index contributed by atoms with van der Waals surface area (Å²) in [5, 5.41) is 9.59. The van der Waals surface area contributed by atoms with Crippen molar-refractivity contribution in [3.05, 3.63) is 65.5 Å². The van der Waals surface area contributed by atoms with Crippen molar-refractivity contribution < 1.29 is 27.4 Å². The van der Waals surface area contributed by atoms with Crippen LogP contribution in [0.1, 0.15) is 34.6 Å². The van der Waals surface area contributed by atoms with E-state index in [4.69, 9.17) is 9.47 Å². The van der Waals surface area contributed by atoms with Crippen molar-refractivity contribution in [1.82, 2.24) is 20.2 Å². The van der Waals surface area contributed by atoms with E-state index in [9.17, 15) is 18.0 Å². The van der Waals surface area contributed by atoms with Crippen LogP contribution in [-0.4, -0.2) is 32.3 Å². The lowest BCUT2D eigenvalue weighted by atomic mass is 10.1. The van der Waals surface area contributed by atoms with Crippen molar-refractivity contribution in [3.63, 3.8) is 0 Å². The minimum absolute atomic E-state index is 0.0585. The van der Waals surface area contributed by atoms with E-state index in [-0.39, 0.29) is 18.4 Å². The minimum atomic E-state index is -4.72. The number of nitrogens with zero attached hydrogens (tertiary/aromatic N) is 4. The van der Waals surface area contributed by atoms with Gasteiger partial charge in [-0.1, -0.05) is 18.2 Å². The molecule has 0 saturated heterocycles. The molecule has 1 saturated carbocycles. The standard InChI is InChI=1S/C19H15F3N4O3/c20-19(21,22)18-23-24-25-26(18)14-6-9-16(29-15-7-8-15)13(10-14)11-28-17(27)12-4-2-1-3-5-12/h1-6,9-10,15H,7-8,11H2. The zero-order chi connectivity index (χ0) is 20.4. The Balaban J connectivity index is 1.61. The van der Waals surface area contributed by atoms with E-state index in [1.165, 1.54) is 18.2 Å². The van der Waals surface area contributed by atoms with Crippen molar-refractivity contribution in [2.45, 2.75) is 31.7 Å². The van der Waals surface area contributed by atoms with Crippen molar-refractivity contribution in [3.8, 4) is 11.4 Å². The molecule has 2 aromatic carbocycles. The fourth-order valence-corrected chi connectivity index (χ4v) is 2.63. The van der Waals surface area contributed by atoms with E-state index in [2.05, 4.69) is 15.5 Å². The highest BCUT2D eigenvalue weighted by Crippen LogP contribution is 2.33. The summed E-state index contributed by atoms with van der Waals surface area (Å²) < 4.78 is 51.0. The highest BCUT2D eigenvalue weighted by atomic mass is 19.4. The van der Waals surface area contributed by atoms with Gasteiger partial charge in [-0.05, 0) is 53.6 Å². The van der Waals surface area contributed by atoms with Crippen LogP contribution in [-0.2, 0) is 17.5 Å². The lowest BCUT2D eigenvalue weighted by molar-refractivity contribution is -0.146. The van der Waals surface area contributed by atoms with E-state index in [0.29, 0.717) is 21.6 Å². The molecule has 0 amide bonds. The van der Waals surface area contributed by atoms with Gasteiger partial charge in [-0.2, -0.15) is 17.9 Å². The van der Waals surface area contributed by atoms with Crippen LogP contribution >= 0.6 is 0 Å². The third-order valence-corrected chi connectivity index (χ3v) is 4.20. The SMILES string of the molecule is O=C(OCc1cc(-n2nnnc2C(F)(F)F)ccc1OC1CC1)c1ccccc1. The molecule has 0 aliphatic heterocycles. The molecule has 0 N–H and O–H groups in total. The molecule has 0 radical (unpaired) electrons. The number of carbonyl (C=O) groups is 1. The van der Waals surface area contributed by atoms with Crippen LogP contribution in [0.2, 0.25) is 0 Å². The summed E-state index contributed by atoms with van der Waals surface area (Å²) in [5.41, 5.74) is 0.867. The fourth-order valence-electron chi connectivity index (χ4n) is 2.63. The number of ether oxygens (including phenoxy) is 2. The van der Waals surface area contributed by atoms with Crippen LogP contribution in [0.5, 0.6) is 5.75 Å². The molecule has 7 nitrogen and oxygen atoms in total. The highest BCUT2D eigenvalue weighted by molar-refractivity contribution is 5.89. The maximum atomic E-state index is 13.1. The molecule has 1 heterocycles. The molecular weight excluding hydrogens is 389 g/mol. The van der Waals surface area contributed by atoms with Gasteiger partial charge in [0.25, 0.3) is 5.82 Å². The summed E-state index contributed by atoms with van der Waals surface area (Å²) in [4.78, 5) is 12.2. The van der Waals surface area contributed by atoms with Gasteiger partial charge in [-0.3, -0.25) is 0 Å². The molecule has 150 valence electrons. The number of hydrogen-bond acceptors (Lipinski definition) is 6. The Morgan fingerprint density at radius 3 is 2.59 bits per heavy atom. The average molecular weight is 404 g/mol. The Morgan fingerprint density at radius 2 is 1.90 bits per heavy atom. The molecular formula is C19H15F3N4O3. The summed E-state index contributed by atoms with van der Waals surface area (Å²) in [6.45, 7) is -0.174. The number of esters is 1. The molecule has 0 unspecified atom stereocenters. The molecule has 1 fully saturated rings. The highest BCUT2D eigenvalue weighted by Gasteiger charge is 2.38. The summed E-state index contributed by atoms with van der Waals surface area (Å²) in [6.07, 6.45) is -2.86. The van der Waals surface area contributed by atoms with Crippen molar-refractivity contribution >= 4 is 5.97 Å². The third-order valence-electron chi connectivity index (χ3n) is 4.20. The number of carbonyl (C=O) groups excluding carboxylic acids is 1. The topological polar surface area (TPSA) is 79.1 Å². The predicted molar refractivity (Wildman–Crippen MR) is 93.4 cm³/mol. The van der Waals surface area contributed by atoms with Gasteiger partial charge in [0.05, 0.1) is 17.4 Å². The first-order chi connectivity index (χ1) is 13.9. The minimum Gasteiger partial charge on any atom is -0.490 e. The zero-order valence-electron chi connectivity index (χ0n) is 15.0. The zero-order valence-corrected chi connectivity index (χ0v) is 15.0. The first-order valence-corrected chi connectivity index (χ1v) is 8.79. The molecule has 0 spiro atoms. The number of tetrazole rings is 1. The monoisotopic (exact) mass is 404 g/mol. The van der Waals surface area contributed by atoms with Crippen LogP contribution in [0.25, 0.3) is 5.69 Å². The van der Waals surface area contributed by atoms with E-state index >= 15 is 0 Å². The Labute approximate surface area is 163 Å². The Kier molecular flexibility index (Phi) is 4.91. The van der Waals surface area contributed by atoms with Gasteiger partial charge in [0.15, 0.2) is 0 Å². The maximum Gasteiger partial charge on any atom is 0.453 e. The second kappa shape index (κ2) is 7.53. The number of benzene rings is 2. The Bertz CT molecular complexity index is 1020. The van der Waals surface area contributed by atoms with Crippen molar-refractivity contribution in [1.29, 1.82) is 0 Å². The average Bonchev–Trinajstić information content (AvgIpc) is 3.37. The van der Waals surface area contributed by atoms with E-state index in [1.54, 1.807) is 30.3 Å². The van der Waals surface area contributed by atoms with E-state index < -0.39 is 18.0 Å². The normalized spacial score (nSPS) is 13.9. The maximum absolute atomic E-state index is 13.1. The largest absolute Gasteiger partial charge is 0.490 e. The van der Waals surface area contributed by atoms with Crippen LogP contribution in [0.4, 0.5) is 13.2 Å². The van der Waals surface area contributed by atoms with Crippen LogP contribution in [0, 0.1) is 0 Å². The molecule has 10 heteroatoms. The fraction of sp³-hybridized carbons (Fsp3) is 0.263. The Morgan fingerprint density at radius 1 is 1.14 bits per heavy atom. The summed E-state index contributed by atoms with van der Waals surface area (Å²) >= 11 is 0. The summed E-state index contributed by atoms with van der Waals surface area (Å²) in [6, 6.07) is 12.8. The van der Waals surface area contributed by atoms with Gasteiger partial charge in [0.1, 0.15) is 12.4 Å². The second-order valence-corrected chi connectivity index (χ2v) is 6.46.